The summed E-state index contributed by atoms with van der Waals surface area (Å²) in [6.45, 7) is 8.00. The highest BCUT2D eigenvalue weighted by atomic mass is 16.5. The molecule has 1 heterocycles. The van der Waals surface area contributed by atoms with Gasteiger partial charge in [0.1, 0.15) is 51.2 Å². The lowest BCUT2D eigenvalue weighted by Gasteiger charge is -2.28. The second-order valence-electron chi connectivity index (χ2n) is 5.87. The topological polar surface area (TPSA) is 38.3 Å². The zero-order chi connectivity index (χ0) is 14.4. The van der Waals surface area contributed by atoms with Crippen LogP contribution in [0.25, 0.3) is 0 Å². The molecule has 2 rings (SSSR count). The largest absolute Gasteiger partial charge is 0.491 e. The number of piperazine rings is 1. The minimum Gasteiger partial charge on any atom is -0.491 e. The van der Waals surface area contributed by atoms with Crippen LogP contribution in [-0.2, 0) is 6.42 Å². The van der Waals surface area contributed by atoms with Crippen molar-refractivity contribution in [3.63, 3.8) is 0 Å². The molecule has 1 aromatic carbocycles. The minimum absolute atomic E-state index is 0.380. The number of nitrogens with one attached hydrogen (secondary N) is 2. The van der Waals surface area contributed by atoms with Crippen molar-refractivity contribution in [1.29, 1.82) is 0 Å². The van der Waals surface area contributed by atoms with E-state index in [2.05, 4.69) is 26.1 Å². The van der Waals surface area contributed by atoms with Crippen molar-refractivity contribution in [3.8, 4) is 5.75 Å². The molecule has 0 radical (unpaired) electrons. The number of benzene rings is 1. The first-order valence-electron chi connectivity index (χ1n) is 7.72. The third-order valence-corrected chi connectivity index (χ3v) is 4.11. The van der Waals surface area contributed by atoms with Crippen molar-refractivity contribution < 1.29 is 19.6 Å². The van der Waals surface area contributed by atoms with E-state index in [4.69, 9.17) is 4.74 Å². The molecule has 0 bridgehead atoms. The Morgan fingerprint density at radius 1 is 1.15 bits per heavy atom. The first-order valence-corrected chi connectivity index (χ1v) is 7.72. The third-order valence-electron chi connectivity index (χ3n) is 4.11. The van der Waals surface area contributed by atoms with Gasteiger partial charge in [-0.15, -0.1) is 0 Å². The maximum absolute atomic E-state index is 10.1. The Balaban J connectivity index is 1.70. The number of aryl methyl sites for hydroxylation is 1. The first-order chi connectivity index (χ1) is 9.67. The lowest BCUT2D eigenvalue weighted by atomic mass is 10.2. The Labute approximate surface area is 122 Å². The standard InChI is InChI=1S/C16H26N2O2/c1-3-14-4-6-16(7-5-14)20-13-15(19)12-18-10-8-17(2)9-11-18/h4-7,15,19H,3,8-13H2,1-2H3/p+2. The molecule has 0 amide bonds. The van der Waals surface area contributed by atoms with Crippen LogP contribution in [0.3, 0.4) is 0 Å². The number of ether oxygens (including phenoxy) is 1. The number of aliphatic hydroxyl groups is 1. The zero-order valence-corrected chi connectivity index (χ0v) is 12.7. The molecule has 0 aliphatic carbocycles. The van der Waals surface area contributed by atoms with Gasteiger partial charge in [-0.05, 0) is 24.1 Å². The maximum atomic E-state index is 10.1. The monoisotopic (exact) mass is 280 g/mol. The highest BCUT2D eigenvalue weighted by Gasteiger charge is 2.22. The highest BCUT2D eigenvalue weighted by molar-refractivity contribution is 5.27. The number of likely N-dealkylation sites (N-methyl/N-ethyl adjacent to an activating group) is 1. The molecule has 4 heteroatoms. The van der Waals surface area contributed by atoms with E-state index in [1.165, 1.54) is 23.6 Å². The molecule has 0 aromatic heterocycles. The van der Waals surface area contributed by atoms with E-state index in [1.54, 1.807) is 4.90 Å². The molecular weight excluding hydrogens is 252 g/mol. The number of aliphatic hydroxyl groups excluding tert-OH is 1. The van der Waals surface area contributed by atoms with Gasteiger partial charge in [0, 0.05) is 0 Å². The summed E-state index contributed by atoms with van der Waals surface area (Å²) >= 11 is 0. The van der Waals surface area contributed by atoms with Crippen LogP contribution < -0.4 is 14.5 Å². The van der Waals surface area contributed by atoms with Gasteiger partial charge in [-0.3, -0.25) is 0 Å². The Bertz CT molecular complexity index is 386. The van der Waals surface area contributed by atoms with Crippen LogP contribution in [0.2, 0.25) is 0 Å². The van der Waals surface area contributed by atoms with Gasteiger partial charge in [0.2, 0.25) is 0 Å². The molecule has 3 N–H and O–H groups in total. The lowest BCUT2D eigenvalue weighted by molar-refractivity contribution is -1.00. The fraction of sp³-hybridized carbons (Fsp3) is 0.625. The van der Waals surface area contributed by atoms with E-state index in [9.17, 15) is 5.11 Å². The van der Waals surface area contributed by atoms with Gasteiger partial charge in [-0.25, -0.2) is 0 Å². The van der Waals surface area contributed by atoms with Crippen LogP contribution in [0, 0.1) is 0 Å². The molecular formula is C16H28N2O2+2. The van der Waals surface area contributed by atoms with Crippen LogP contribution in [0.1, 0.15) is 12.5 Å². The van der Waals surface area contributed by atoms with Crippen LogP contribution in [0.5, 0.6) is 5.75 Å². The number of quaternary nitrogens is 2. The van der Waals surface area contributed by atoms with Crippen LogP contribution in [0.15, 0.2) is 24.3 Å². The van der Waals surface area contributed by atoms with E-state index in [-0.39, 0.29) is 6.10 Å². The van der Waals surface area contributed by atoms with Crippen LogP contribution in [-0.4, -0.2) is 57.6 Å². The van der Waals surface area contributed by atoms with Gasteiger partial charge in [-0.2, -0.15) is 0 Å². The van der Waals surface area contributed by atoms with E-state index in [0.717, 1.165) is 31.8 Å². The van der Waals surface area contributed by atoms with E-state index >= 15 is 0 Å². The summed E-state index contributed by atoms with van der Waals surface area (Å²) in [7, 11) is 2.23. The predicted molar refractivity (Wildman–Crippen MR) is 79.5 cm³/mol. The van der Waals surface area contributed by atoms with E-state index in [1.807, 2.05) is 12.1 Å². The Morgan fingerprint density at radius 2 is 1.80 bits per heavy atom. The third kappa shape index (κ3) is 4.78. The average molecular weight is 280 g/mol. The molecule has 1 aromatic rings. The maximum Gasteiger partial charge on any atom is 0.137 e. The molecule has 0 spiro atoms. The molecule has 1 aliphatic heterocycles. The van der Waals surface area contributed by atoms with Crippen molar-refractivity contribution in [2.45, 2.75) is 19.4 Å². The van der Waals surface area contributed by atoms with Gasteiger partial charge >= 0.3 is 0 Å². The lowest BCUT2D eigenvalue weighted by Crippen LogP contribution is -3.27. The molecule has 1 saturated heterocycles. The summed E-state index contributed by atoms with van der Waals surface area (Å²) < 4.78 is 5.66. The molecule has 1 aliphatic rings. The van der Waals surface area contributed by atoms with E-state index < -0.39 is 0 Å². The Morgan fingerprint density at radius 3 is 2.40 bits per heavy atom. The molecule has 0 saturated carbocycles. The molecule has 1 fully saturated rings. The molecule has 20 heavy (non-hydrogen) atoms. The van der Waals surface area contributed by atoms with Gasteiger partial charge in [-0.1, -0.05) is 19.1 Å². The highest BCUT2D eigenvalue weighted by Crippen LogP contribution is 2.12. The second-order valence-corrected chi connectivity index (χ2v) is 5.87. The van der Waals surface area contributed by atoms with Crippen molar-refractivity contribution in [2.24, 2.45) is 0 Å². The molecule has 1 atom stereocenters. The normalized spacial score (nSPS) is 24.4. The Kier molecular flexibility index (Phi) is 5.83. The van der Waals surface area contributed by atoms with Crippen molar-refractivity contribution in [1.82, 2.24) is 0 Å². The number of rotatable bonds is 6. The van der Waals surface area contributed by atoms with Gasteiger partial charge in [0.15, 0.2) is 0 Å². The van der Waals surface area contributed by atoms with Crippen molar-refractivity contribution in [3.05, 3.63) is 29.8 Å². The first kappa shape index (κ1) is 15.3. The van der Waals surface area contributed by atoms with Crippen molar-refractivity contribution >= 4 is 0 Å². The number of hydrogen-bond donors (Lipinski definition) is 3. The van der Waals surface area contributed by atoms with Gasteiger partial charge in [0.25, 0.3) is 0 Å². The predicted octanol–water partition coefficient (Wildman–Crippen LogP) is -1.60. The second kappa shape index (κ2) is 7.62. The van der Waals surface area contributed by atoms with Crippen molar-refractivity contribution in [2.75, 3.05) is 46.4 Å². The molecule has 4 nitrogen and oxygen atoms in total. The minimum atomic E-state index is -0.380. The fourth-order valence-electron chi connectivity index (χ4n) is 2.64. The number of hydrogen-bond acceptors (Lipinski definition) is 2. The van der Waals surface area contributed by atoms with Gasteiger partial charge in [0.05, 0.1) is 7.05 Å². The SMILES string of the molecule is CCc1ccc(OCC(O)C[NH+]2CC[NH+](C)CC2)cc1. The van der Waals surface area contributed by atoms with E-state index in [0.29, 0.717) is 6.61 Å². The van der Waals surface area contributed by atoms with Crippen LogP contribution >= 0.6 is 0 Å². The summed E-state index contributed by atoms with van der Waals surface area (Å²) in [5.74, 6) is 0.846. The summed E-state index contributed by atoms with van der Waals surface area (Å²) in [6, 6.07) is 8.13. The smallest absolute Gasteiger partial charge is 0.137 e. The summed E-state index contributed by atoms with van der Waals surface area (Å²) in [5, 5.41) is 10.1. The average Bonchev–Trinajstić information content (AvgIpc) is 2.48. The van der Waals surface area contributed by atoms with Crippen LogP contribution in [0.4, 0.5) is 0 Å². The Hall–Kier alpha value is -1.10. The summed E-state index contributed by atoms with van der Waals surface area (Å²) in [6.07, 6.45) is 0.659. The van der Waals surface area contributed by atoms with Gasteiger partial charge < -0.3 is 19.6 Å². The quantitative estimate of drug-likeness (QED) is 0.587. The zero-order valence-electron chi connectivity index (χ0n) is 12.7. The summed E-state index contributed by atoms with van der Waals surface area (Å²) in [5.41, 5.74) is 1.31. The fourth-order valence-corrected chi connectivity index (χ4v) is 2.64. The molecule has 112 valence electrons. The molecule has 1 unspecified atom stereocenters. The summed E-state index contributed by atoms with van der Waals surface area (Å²) in [4.78, 5) is 3.09.